The Balaban J connectivity index is 1.49. The van der Waals surface area contributed by atoms with Crippen LogP contribution in [0.3, 0.4) is 0 Å². The van der Waals surface area contributed by atoms with Crippen LogP contribution in [0.2, 0.25) is 5.02 Å². The van der Waals surface area contributed by atoms with E-state index in [1.165, 1.54) is 0 Å². The third kappa shape index (κ3) is 4.68. The van der Waals surface area contributed by atoms with Gasteiger partial charge in [0.15, 0.2) is 12.3 Å². The second-order valence-corrected chi connectivity index (χ2v) is 8.50. The van der Waals surface area contributed by atoms with Crippen LogP contribution in [0.15, 0.2) is 34.7 Å². The van der Waals surface area contributed by atoms with Crippen LogP contribution in [0.25, 0.3) is 22.5 Å². The fraction of sp³-hybridized carbons (Fsp3) is 0.348. The van der Waals surface area contributed by atoms with Gasteiger partial charge in [-0.3, -0.25) is 4.79 Å². The minimum absolute atomic E-state index is 0.108. The Hall–Kier alpha value is -3.46. The van der Waals surface area contributed by atoms with E-state index in [0.717, 1.165) is 16.6 Å². The summed E-state index contributed by atoms with van der Waals surface area (Å²) < 4.78 is 13.3. The lowest BCUT2D eigenvalue weighted by Gasteiger charge is -2.25. The van der Waals surface area contributed by atoms with Crippen molar-refractivity contribution < 1.29 is 13.9 Å². The van der Waals surface area contributed by atoms with Gasteiger partial charge < -0.3 is 14.1 Å². The van der Waals surface area contributed by atoms with Gasteiger partial charge in [0.25, 0.3) is 5.91 Å². The van der Waals surface area contributed by atoms with Crippen LogP contribution >= 0.6 is 11.6 Å². The summed E-state index contributed by atoms with van der Waals surface area (Å²) in [5, 5.41) is 13.9. The Morgan fingerprint density at radius 1 is 1.24 bits per heavy atom. The number of rotatable bonds is 7. The van der Waals surface area contributed by atoms with Crippen molar-refractivity contribution in [2.24, 2.45) is 7.05 Å². The van der Waals surface area contributed by atoms with E-state index >= 15 is 0 Å². The monoisotopic (exact) mass is 468 g/mol. The van der Waals surface area contributed by atoms with E-state index in [0.29, 0.717) is 33.9 Å². The average molecular weight is 469 g/mol. The molecule has 0 aliphatic heterocycles. The molecule has 0 saturated carbocycles. The first kappa shape index (κ1) is 22.7. The molecule has 4 aromatic rings. The maximum absolute atomic E-state index is 13.0. The van der Waals surface area contributed by atoms with Crippen molar-refractivity contribution in [3.05, 3.63) is 52.5 Å². The molecule has 0 radical (unpaired) electrons. The zero-order valence-corrected chi connectivity index (χ0v) is 19.9. The molecule has 3 aromatic heterocycles. The van der Waals surface area contributed by atoms with Gasteiger partial charge in [0.05, 0.1) is 22.5 Å². The number of carbonyl (C=O) groups is 1. The molecule has 0 saturated heterocycles. The van der Waals surface area contributed by atoms with E-state index in [-0.39, 0.29) is 25.1 Å². The number of carbonyl (C=O) groups excluding carboxylic acids is 1. The Labute approximate surface area is 196 Å². The number of amides is 1. The molecule has 0 atom stereocenters. The van der Waals surface area contributed by atoms with Crippen LogP contribution < -0.4 is 4.74 Å². The summed E-state index contributed by atoms with van der Waals surface area (Å²) in [7, 11) is 1.80. The van der Waals surface area contributed by atoms with Gasteiger partial charge in [0.1, 0.15) is 0 Å². The van der Waals surface area contributed by atoms with Crippen LogP contribution in [0.5, 0.6) is 5.88 Å². The summed E-state index contributed by atoms with van der Waals surface area (Å²) in [6.45, 7) is 7.70. The quantitative estimate of drug-likeness (QED) is 0.402. The first-order valence-electron chi connectivity index (χ1n) is 10.5. The second kappa shape index (κ2) is 9.19. The molecule has 3 heterocycles. The number of aryl methyl sites for hydroxylation is 3. The van der Waals surface area contributed by atoms with Crippen LogP contribution in [0, 0.1) is 13.8 Å². The van der Waals surface area contributed by atoms with E-state index in [1.54, 1.807) is 28.8 Å². The number of ether oxygens (including phenoxy) is 1. The Kier molecular flexibility index (Phi) is 6.33. The smallest absolute Gasteiger partial charge is 0.261 e. The molecule has 0 fully saturated rings. The largest absolute Gasteiger partial charge is 0.466 e. The molecule has 0 aliphatic carbocycles. The van der Waals surface area contributed by atoms with Gasteiger partial charge in [-0.1, -0.05) is 23.7 Å². The number of hydrogen-bond donors (Lipinski definition) is 0. The molecule has 0 N–H and O–H groups in total. The van der Waals surface area contributed by atoms with E-state index in [4.69, 9.17) is 20.8 Å². The van der Waals surface area contributed by atoms with E-state index < -0.39 is 0 Å². The number of nitrogens with zero attached hydrogens (tertiary/aromatic N) is 6. The van der Waals surface area contributed by atoms with Crippen LogP contribution in [-0.2, 0) is 18.4 Å². The fourth-order valence-electron chi connectivity index (χ4n) is 3.63. The number of hydrogen-bond acceptors (Lipinski definition) is 7. The second-order valence-electron chi connectivity index (χ2n) is 8.09. The molecule has 9 nitrogen and oxygen atoms in total. The van der Waals surface area contributed by atoms with Crippen molar-refractivity contribution in [3.8, 4) is 17.3 Å². The standard InChI is InChI=1S/C23H25ClN6O3/c1-13(2)30(11-18-26-27-22(33-18)16-8-6-7-9-17(16)24)19(31)12-32-23-20-14(3)10-15(4)25-21(20)29(5)28-23/h6-10,13H,11-12H2,1-5H3. The molecule has 0 spiro atoms. The average Bonchev–Trinajstić information content (AvgIpc) is 3.35. The van der Waals surface area contributed by atoms with Gasteiger partial charge in [-0.25, -0.2) is 9.67 Å². The van der Waals surface area contributed by atoms with Crippen molar-refractivity contribution in [1.29, 1.82) is 0 Å². The van der Waals surface area contributed by atoms with E-state index in [2.05, 4.69) is 20.3 Å². The number of halogens is 1. The summed E-state index contributed by atoms with van der Waals surface area (Å²) in [6.07, 6.45) is 0. The highest BCUT2D eigenvalue weighted by atomic mass is 35.5. The zero-order valence-electron chi connectivity index (χ0n) is 19.2. The fourth-order valence-corrected chi connectivity index (χ4v) is 3.85. The third-order valence-corrected chi connectivity index (χ3v) is 5.57. The van der Waals surface area contributed by atoms with Gasteiger partial charge in [-0.05, 0) is 51.5 Å². The predicted molar refractivity (Wildman–Crippen MR) is 124 cm³/mol. The number of fused-ring (bicyclic) bond motifs is 1. The summed E-state index contributed by atoms with van der Waals surface area (Å²) in [5.74, 6) is 0.777. The molecular weight excluding hydrogens is 444 g/mol. The molecule has 4 rings (SSSR count). The summed E-state index contributed by atoms with van der Waals surface area (Å²) >= 11 is 6.22. The lowest BCUT2D eigenvalue weighted by molar-refractivity contribution is -0.136. The zero-order chi connectivity index (χ0) is 23.7. The number of pyridine rings is 1. The maximum atomic E-state index is 13.0. The van der Waals surface area contributed by atoms with Gasteiger partial charge in [0, 0.05) is 18.8 Å². The van der Waals surface area contributed by atoms with Crippen LogP contribution in [-0.4, -0.2) is 48.4 Å². The first-order valence-corrected chi connectivity index (χ1v) is 10.9. The molecule has 10 heteroatoms. The molecule has 1 amide bonds. The highest BCUT2D eigenvalue weighted by Gasteiger charge is 2.23. The van der Waals surface area contributed by atoms with E-state index in [9.17, 15) is 4.79 Å². The Morgan fingerprint density at radius 3 is 2.73 bits per heavy atom. The van der Waals surface area contributed by atoms with Crippen molar-refractivity contribution >= 4 is 28.5 Å². The SMILES string of the molecule is Cc1cc(C)c2c(OCC(=O)N(Cc3nnc(-c4ccccc4Cl)o3)C(C)C)nn(C)c2n1. The minimum Gasteiger partial charge on any atom is -0.466 e. The third-order valence-electron chi connectivity index (χ3n) is 5.24. The van der Waals surface area contributed by atoms with Crippen LogP contribution in [0.4, 0.5) is 0 Å². The highest BCUT2D eigenvalue weighted by Crippen LogP contribution is 2.28. The number of aromatic nitrogens is 5. The van der Waals surface area contributed by atoms with Gasteiger partial charge in [-0.2, -0.15) is 0 Å². The van der Waals surface area contributed by atoms with Crippen molar-refractivity contribution in [2.75, 3.05) is 6.61 Å². The van der Waals surface area contributed by atoms with Gasteiger partial charge in [0.2, 0.25) is 17.7 Å². The molecule has 0 bridgehead atoms. The van der Waals surface area contributed by atoms with Gasteiger partial charge >= 0.3 is 0 Å². The topological polar surface area (TPSA) is 99.2 Å². The minimum atomic E-state index is -0.223. The summed E-state index contributed by atoms with van der Waals surface area (Å²) in [4.78, 5) is 19.2. The molecule has 0 unspecified atom stereocenters. The summed E-state index contributed by atoms with van der Waals surface area (Å²) in [5.41, 5.74) is 3.25. The first-order chi connectivity index (χ1) is 15.7. The Morgan fingerprint density at radius 2 is 2.00 bits per heavy atom. The lowest BCUT2D eigenvalue weighted by atomic mass is 10.2. The normalized spacial score (nSPS) is 11.4. The van der Waals surface area contributed by atoms with Crippen molar-refractivity contribution in [2.45, 2.75) is 40.3 Å². The molecule has 33 heavy (non-hydrogen) atoms. The predicted octanol–water partition coefficient (Wildman–Crippen LogP) is 4.10. The summed E-state index contributed by atoms with van der Waals surface area (Å²) in [6, 6.07) is 9.07. The Bertz CT molecular complexity index is 1310. The maximum Gasteiger partial charge on any atom is 0.261 e. The number of benzene rings is 1. The van der Waals surface area contributed by atoms with Crippen LogP contribution in [0.1, 0.15) is 31.0 Å². The lowest BCUT2D eigenvalue weighted by Crippen LogP contribution is -2.39. The molecular formula is C23H25ClN6O3. The highest BCUT2D eigenvalue weighted by molar-refractivity contribution is 6.33. The van der Waals surface area contributed by atoms with E-state index in [1.807, 2.05) is 45.9 Å². The van der Waals surface area contributed by atoms with Gasteiger partial charge in [-0.15, -0.1) is 15.3 Å². The molecule has 172 valence electrons. The van der Waals surface area contributed by atoms with Crippen molar-refractivity contribution in [3.63, 3.8) is 0 Å². The van der Waals surface area contributed by atoms with Crippen molar-refractivity contribution in [1.82, 2.24) is 29.9 Å². The molecule has 1 aromatic carbocycles. The molecule has 0 aliphatic rings.